The number of nitrogens with zero attached hydrogens (tertiary/aromatic N) is 1. The van der Waals surface area contributed by atoms with E-state index in [1.807, 2.05) is 12.1 Å². The first-order valence-electron chi connectivity index (χ1n) is 7.93. The van der Waals surface area contributed by atoms with Gasteiger partial charge in [0.05, 0.1) is 6.54 Å². The van der Waals surface area contributed by atoms with E-state index in [1.165, 1.54) is 32.4 Å². The van der Waals surface area contributed by atoms with Crippen LogP contribution in [0.25, 0.3) is 0 Å². The van der Waals surface area contributed by atoms with Gasteiger partial charge < -0.3 is 14.8 Å². The molecule has 20 heavy (non-hydrogen) atoms. The third kappa shape index (κ3) is 2.92. The quantitative estimate of drug-likeness (QED) is 0.835. The smallest absolute Gasteiger partial charge is 0.129 e. The first-order chi connectivity index (χ1) is 9.80. The van der Waals surface area contributed by atoms with E-state index in [0.717, 1.165) is 30.7 Å². The van der Waals surface area contributed by atoms with Crippen LogP contribution in [0.2, 0.25) is 0 Å². The van der Waals surface area contributed by atoms with Crippen molar-refractivity contribution in [2.75, 3.05) is 19.6 Å². The fraction of sp³-hybridized carbons (Fsp3) is 0.750. The molecule has 112 valence electrons. The number of piperidine rings is 3. The molecule has 1 unspecified atom stereocenters. The summed E-state index contributed by atoms with van der Waals surface area (Å²) in [7, 11) is 0. The van der Waals surface area contributed by atoms with E-state index in [9.17, 15) is 0 Å². The summed E-state index contributed by atoms with van der Waals surface area (Å²) in [6.07, 6.45) is 4.08. The molecule has 4 nitrogen and oxygen atoms in total. The fourth-order valence-corrected chi connectivity index (χ4v) is 3.89. The zero-order valence-electron chi connectivity index (χ0n) is 12.3. The summed E-state index contributed by atoms with van der Waals surface area (Å²) in [5.74, 6) is 3.43. The molecule has 4 atom stereocenters. The summed E-state index contributed by atoms with van der Waals surface area (Å²) in [4.78, 5) is 2.67. The van der Waals surface area contributed by atoms with Gasteiger partial charge in [-0.25, -0.2) is 0 Å². The fourth-order valence-electron chi connectivity index (χ4n) is 3.89. The van der Waals surface area contributed by atoms with E-state index < -0.39 is 0 Å². The standard InChI is InChI=1S/C16H26N2O2/c1-2-12-10-18-6-5-13(12)7-14(18)8-17-9-15-3-4-16(11-19)20-15/h3-4,12-14,17,19H,2,5-11H2,1H3/t12-,13-,14+/m0/s1. The summed E-state index contributed by atoms with van der Waals surface area (Å²) in [6, 6.07) is 4.48. The van der Waals surface area contributed by atoms with Gasteiger partial charge in [-0.3, -0.25) is 4.90 Å². The Labute approximate surface area is 121 Å². The van der Waals surface area contributed by atoms with E-state index >= 15 is 0 Å². The molecule has 0 amide bonds. The maximum Gasteiger partial charge on any atom is 0.129 e. The predicted octanol–water partition coefficient (Wildman–Crippen LogP) is 1.98. The van der Waals surface area contributed by atoms with E-state index in [2.05, 4.69) is 17.1 Å². The molecular formula is C16H26N2O2. The zero-order valence-corrected chi connectivity index (χ0v) is 12.3. The molecule has 3 fully saturated rings. The van der Waals surface area contributed by atoms with Crippen molar-refractivity contribution in [2.45, 2.75) is 45.4 Å². The van der Waals surface area contributed by atoms with E-state index in [4.69, 9.17) is 9.52 Å². The molecule has 0 saturated carbocycles. The van der Waals surface area contributed by atoms with Gasteiger partial charge in [-0.05, 0) is 43.4 Å². The lowest BCUT2D eigenvalue weighted by atomic mass is 9.74. The highest BCUT2D eigenvalue weighted by atomic mass is 16.4. The zero-order chi connectivity index (χ0) is 13.9. The summed E-state index contributed by atoms with van der Waals surface area (Å²) in [6.45, 7) is 6.69. The Bertz CT molecular complexity index is 432. The number of rotatable bonds is 6. The Kier molecular flexibility index (Phi) is 4.44. The molecule has 1 aromatic heterocycles. The van der Waals surface area contributed by atoms with Crippen molar-refractivity contribution in [3.63, 3.8) is 0 Å². The first kappa shape index (κ1) is 14.1. The van der Waals surface area contributed by atoms with Crippen LogP contribution in [0, 0.1) is 11.8 Å². The van der Waals surface area contributed by atoms with Gasteiger partial charge in [-0.1, -0.05) is 13.3 Å². The highest BCUT2D eigenvalue weighted by Crippen LogP contribution is 2.37. The van der Waals surface area contributed by atoms with Gasteiger partial charge >= 0.3 is 0 Å². The second-order valence-electron chi connectivity index (χ2n) is 6.26. The minimum Gasteiger partial charge on any atom is -0.462 e. The molecular weight excluding hydrogens is 252 g/mol. The van der Waals surface area contributed by atoms with Crippen molar-refractivity contribution in [1.29, 1.82) is 0 Å². The molecule has 0 radical (unpaired) electrons. The number of fused-ring (bicyclic) bond motifs is 3. The molecule has 0 aromatic carbocycles. The lowest BCUT2D eigenvalue weighted by Crippen LogP contribution is -2.56. The van der Waals surface area contributed by atoms with Crippen LogP contribution in [-0.2, 0) is 13.2 Å². The maximum absolute atomic E-state index is 8.98. The van der Waals surface area contributed by atoms with E-state index in [-0.39, 0.29) is 6.61 Å². The Morgan fingerprint density at radius 1 is 1.40 bits per heavy atom. The van der Waals surface area contributed by atoms with Crippen LogP contribution in [0.1, 0.15) is 37.7 Å². The van der Waals surface area contributed by atoms with Crippen LogP contribution in [0.3, 0.4) is 0 Å². The highest BCUT2D eigenvalue weighted by molar-refractivity contribution is 5.06. The van der Waals surface area contributed by atoms with Gasteiger partial charge in [0.1, 0.15) is 18.1 Å². The van der Waals surface area contributed by atoms with E-state index in [1.54, 1.807) is 0 Å². The summed E-state index contributed by atoms with van der Waals surface area (Å²) >= 11 is 0. The average molecular weight is 278 g/mol. The highest BCUT2D eigenvalue weighted by Gasteiger charge is 2.38. The van der Waals surface area contributed by atoms with Crippen molar-refractivity contribution in [2.24, 2.45) is 11.8 Å². The number of hydrogen-bond donors (Lipinski definition) is 2. The van der Waals surface area contributed by atoms with Crippen LogP contribution in [-0.4, -0.2) is 35.7 Å². The largest absolute Gasteiger partial charge is 0.462 e. The third-order valence-corrected chi connectivity index (χ3v) is 5.09. The van der Waals surface area contributed by atoms with Gasteiger partial charge in [-0.15, -0.1) is 0 Å². The SMILES string of the molecule is CC[C@H]1CN2CC[C@H]1C[C@@H]2CNCc1ccc(CO)o1. The summed E-state index contributed by atoms with van der Waals surface area (Å²) in [5.41, 5.74) is 0. The number of furan rings is 1. The van der Waals surface area contributed by atoms with Crippen molar-refractivity contribution in [1.82, 2.24) is 10.2 Å². The molecule has 4 rings (SSSR count). The molecule has 0 aliphatic carbocycles. The number of nitrogens with one attached hydrogen (secondary N) is 1. The molecule has 2 N–H and O–H groups in total. The molecule has 3 aliphatic rings. The normalized spacial score (nSPS) is 32.7. The molecule has 3 saturated heterocycles. The average Bonchev–Trinajstić information content (AvgIpc) is 2.96. The lowest BCUT2D eigenvalue weighted by molar-refractivity contribution is 0.000192. The van der Waals surface area contributed by atoms with Crippen molar-refractivity contribution < 1.29 is 9.52 Å². The predicted molar refractivity (Wildman–Crippen MR) is 78.2 cm³/mol. The summed E-state index contributed by atoms with van der Waals surface area (Å²) < 4.78 is 5.49. The van der Waals surface area contributed by atoms with Gasteiger partial charge in [0.25, 0.3) is 0 Å². The second-order valence-corrected chi connectivity index (χ2v) is 6.26. The van der Waals surface area contributed by atoms with Crippen molar-refractivity contribution in [3.8, 4) is 0 Å². The van der Waals surface area contributed by atoms with Crippen LogP contribution in [0.5, 0.6) is 0 Å². The van der Waals surface area contributed by atoms with Crippen molar-refractivity contribution >= 4 is 0 Å². The summed E-state index contributed by atoms with van der Waals surface area (Å²) in [5, 5.41) is 12.5. The maximum atomic E-state index is 8.98. The minimum atomic E-state index is -0.0174. The third-order valence-electron chi connectivity index (χ3n) is 5.09. The lowest BCUT2D eigenvalue weighted by Gasteiger charge is -2.50. The molecule has 0 spiro atoms. The van der Waals surface area contributed by atoms with Crippen LogP contribution < -0.4 is 5.32 Å². The Balaban J connectivity index is 1.45. The van der Waals surface area contributed by atoms with Crippen LogP contribution in [0.15, 0.2) is 16.5 Å². The Hall–Kier alpha value is -0.840. The van der Waals surface area contributed by atoms with Gasteiger partial charge in [0.15, 0.2) is 0 Å². The molecule has 4 heterocycles. The first-order valence-corrected chi connectivity index (χ1v) is 7.93. The molecule has 4 heteroatoms. The van der Waals surface area contributed by atoms with Gasteiger partial charge in [0, 0.05) is 19.1 Å². The van der Waals surface area contributed by atoms with Crippen molar-refractivity contribution in [3.05, 3.63) is 23.7 Å². The van der Waals surface area contributed by atoms with Crippen LogP contribution in [0.4, 0.5) is 0 Å². The van der Waals surface area contributed by atoms with E-state index in [0.29, 0.717) is 11.8 Å². The minimum absolute atomic E-state index is 0.0174. The Morgan fingerprint density at radius 3 is 2.90 bits per heavy atom. The monoisotopic (exact) mass is 278 g/mol. The van der Waals surface area contributed by atoms with Crippen LogP contribution >= 0.6 is 0 Å². The second kappa shape index (κ2) is 6.29. The topological polar surface area (TPSA) is 48.6 Å². The molecule has 1 aromatic rings. The number of hydrogen-bond acceptors (Lipinski definition) is 4. The molecule has 3 aliphatic heterocycles. The van der Waals surface area contributed by atoms with Gasteiger partial charge in [0.2, 0.25) is 0 Å². The van der Waals surface area contributed by atoms with Gasteiger partial charge in [-0.2, -0.15) is 0 Å². The number of aliphatic hydroxyl groups is 1. The molecule has 2 bridgehead atoms. The Morgan fingerprint density at radius 2 is 2.25 bits per heavy atom. The number of aliphatic hydroxyl groups excluding tert-OH is 1.